The van der Waals surface area contributed by atoms with Gasteiger partial charge in [-0.15, -0.1) is 11.8 Å². The summed E-state index contributed by atoms with van der Waals surface area (Å²) in [5, 5.41) is 5.12. The van der Waals surface area contributed by atoms with Crippen LogP contribution in [0, 0.1) is 19.8 Å². The summed E-state index contributed by atoms with van der Waals surface area (Å²) in [5.41, 5.74) is 5.90. The minimum Gasteiger partial charge on any atom is -0.377 e. The number of pyridine rings is 1. The second kappa shape index (κ2) is 9.56. The van der Waals surface area contributed by atoms with Gasteiger partial charge in [-0.05, 0) is 76.3 Å². The first kappa shape index (κ1) is 23.7. The fourth-order valence-electron chi connectivity index (χ4n) is 5.91. The summed E-state index contributed by atoms with van der Waals surface area (Å²) >= 11 is 1.66. The summed E-state index contributed by atoms with van der Waals surface area (Å²) in [6.07, 6.45) is 7.70. The first-order chi connectivity index (χ1) is 16.4. The summed E-state index contributed by atoms with van der Waals surface area (Å²) in [6.45, 7) is 9.20. The lowest BCUT2D eigenvalue weighted by Crippen LogP contribution is -2.61. The molecule has 0 spiro atoms. The maximum Gasteiger partial charge on any atom is 0.252 e. The summed E-state index contributed by atoms with van der Waals surface area (Å²) in [4.78, 5) is 17.0. The van der Waals surface area contributed by atoms with Gasteiger partial charge in [-0.25, -0.2) is 0 Å². The van der Waals surface area contributed by atoms with Gasteiger partial charge in [0.05, 0.1) is 18.8 Å². The minimum absolute atomic E-state index is 0.0389. The first-order valence-electron chi connectivity index (χ1n) is 12.6. The van der Waals surface area contributed by atoms with Gasteiger partial charge in [0.25, 0.3) is 5.56 Å². The molecule has 2 aromatic heterocycles. The first-order valence-corrected chi connectivity index (χ1v) is 13.8. The second-order valence-electron chi connectivity index (χ2n) is 10.6. The Bertz CT molecular complexity index is 1230. The van der Waals surface area contributed by atoms with Crippen LogP contribution in [0.4, 0.5) is 0 Å². The molecule has 1 aliphatic carbocycles. The van der Waals surface area contributed by atoms with E-state index in [1.54, 1.807) is 11.8 Å². The van der Waals surface area contributed by atoms with Gasteiger partial charge in [0.2, 0.25) is 0 Å². The van der Waals surface area contributed by atoms with Crippen LogP contribution in [0.2, 0.25) is 0 Å². The van der Waals surface area contributed by atoms with Crippen LogP contribution in [0.25, 0.3) is 10.9 Å². The molecule has 0 atom stereocenters. The van der Waals surface area contributed by atoms with Crippen molar-refractivity contribution in [2.75, 3.05) is 19.5 Å². The molecule has 1 saturated heterocycles. The molecule has 0 amide bonds. The van der Waals surface area contributed by atoms with Crippen LogP contribution in [0.3, 0.4) is 0 Å². The van der Waals surface area contributed by atoms with Crippen LogP contribution in [0.15, 0.2) is 40.0 Å². The number of H-pyrrole nitrogens is 1. The minimum atomic E-state index is 0.0389. The van der Waals surface area contributed by atoms with Crippen LogP contribution in [-0.4, -0.2) is 40.6 Å². The highest BCUT2D eigenvalue weighted by Crippen LogP contribution is 2.33. The number of nitrogens with one attached hydrogen (secondary N) is 2. The van der Waals surface area contributed by atoms with Crippen molar-refractivity contribution in [1.29, 1.82) is 0 Å². The highest BCUT2D eigenvalue weighted by Gasteiger charge is 2.36. The molecule has 3 heterocycles. The van der Waals surface area contributed by atoms with Gasteiger partial charge in [0, 0.05) is 51.8 Å². The number of ether oxygens (including phenoxy) is 1. The van der Waals surface area contributed by atoms with Crippen LogP contribution in [0.5, 0.6) is 0 Å². The Balaban J connectivity index is 1.38. The average molecular weight is 480 g/mol. The van der Waals surface area contributed by atoms with Gasteiger partial charge in [-0.3, -0.25) is 4.79 Å². The number of thioether (sulfide) groups is 1. The third-order valence-electron chi connectivity index (χ3n) is 7.85. The molecule has 2 fully saturated rings. The molecule has 5 nitrogen and oxygen atoms in total. The maximum absolute atomic E-state index is 12.9. The van der Waals surface area contributed by atoms with Gasteiger partial charge >= 0.3 is 0 Å². The number of hydrogen-bond acceptors (Lipinski definition) is 4. The highest BCUT2D eigenvalue weighted by molar-refractivity contribution is 7.98. The molecular weight excluding hydrogens is 442 g/mol. The van der Waals surface area contributed by atoms with Crippen molar-refractivity contribution in [3.05, 3.63) is 63.2 Å². The van der Waals surface area contributed by atoms with E-state index in [9.17, 15) is 4.79 Å². The van der Waals surface area contributed by atoms with Gasteiger partial charge in [0.15, 0.2) is 0 Å². The van der Waals surface area contributed by atoms with Gasteiger partial charge < -0.3 is 19.6 Å². The number of aromatic nitrogens is 2. The number of fused-ring (bicyclic) bond motifs is 1. The maximum atomic E-state index is 12.9. The van der Waals surface area contributed by atoms with E-state index in [-0.39, 0.29) is 11.1 Å². The lowest BCUT2D eigenvalue weighted by Gasteiger charge is -2.43. The molecular formula is C28H37N3O2S. The number of nitrogens with zero attached hydrogens (tertiary/aromatic N) is 1. The Morgan fingerprint density at radius 3 is 2.56 bits per heavy atom. The Hall–Kier alpha value is -2.02. The molecule has 1 aromatic carbocycles. The van der Waals surface area contributed by atoms with Crippen molar-refractivity contribution >= 4 is 22.7 Å². The second-order valence-corrected chi connectivity index (χ2v) is 11.5. The standard InChI is InChI=1S/C28H37N3O2S/c1-18-13-26(34-4)24(27(32)29-18)14-23-19(2)31(25-8-6-5-7-22(23)25)15-20-9-11-21(12-10-20)30-28(3)16-33-17-28/h5-8,13,20-21,30H,9-12,14-17H2,1-4H3,(H,29,32). The largest absolute Gasteiger partial charge is 0.377 e. The monoisotopic (exact) mass is 479 g/mol. The molecule has 3 aromatic rings. The van der Waals surface area contributed by atoms with E-state index in [1.807, 2.05) is 6.92 Å². The molecule has 2 aliphatic rings. The SMILES string of the molecule is CSc1cc(C)[nH]c(=O)c1Cc1c(C)n(CC2CCC(NC3(C)COC3)CC2)c2ccccc12. The highest BCUT2D eigenvalue weighted by atomic mass is 32.2. The van der Waals surface area contributed by atoms with Crippen LogP contribution in [-0.2, 0) is 17.7 Å². The number of rotatable bonds is 7. The normalized spacial score (nSPS) is 22.1. The zero-order valence-electron chi connectivity index (χ0n) is 20.9. The molecule has 5 rings (SSSR count). The lowest BCUT2D eigenvalue weighted by molar-refractivity contribution is -0.0717. The Kier molecular flexibility index (Phi) is 6.66. The number of para-hydroxylation sites is 1. The number of benzene rings is 1. The van der Waals surface area contributed by atoms with E-state index in [0.29, 0.717) is 18.4 Å². The topological polar surface area (TPSA) is 59.0 Å². The lowest BCUT2D eigenvalue weighted by atomic mass is 9.84. The molecule has 34 heavy (non-hydrogen) atoms. The molecule has 1 aliphatic heterocycles. The van der Waals surface area contributed by atoms with E-state index in [1.165, 1.54) is 47.8 Å². The predicted molar refractivity (Wildman–Crippen MR) is 141 cm³/mol. The van der Waals surface area contributed by atoms with Crippen molar-refractivity contribution in [2.24, 2.45) is 5.92 Å². The molecule has 0 radical (unpaired) electrons. The van der Waals surface area contributed by atoms with Crippen LogP contribution < -0.4 is 10.9 Å². The fraction of sp³-hybridized carbons (Fsp3) is 0.536. The van der Waals surface area contributed by atoms with E-state index < -0.39 is 0 Å². The summed E-state index contributed by atoms with van der Waals surface area (Å²) in [6, 6.07) is 11.4. The summed E-state index contributed by atoms with van der Waals surface area (Å²) in [5.74, 6) is 0.690. The van der Waals surface area contributed by atoms with Crippen molar-refractivity contribution in [3.63, 3.8) is 0 Å². The van der Waals surface area contributed by atoms with Gasteiger partial charge in [-0.2, -0.15) is 0 Å². The summed E-state index contributed by atoms with van der Waals surface area (Å²) in [7, 11) is 0. The number of hydrogen-bond donors (Lipinski definition) is 2. The third-order valence-corrected chi connectivity index (χ3v) is 8.65. The molecule has 0 unspecified atom stereocenters. The summed E-state index contributed by atoms with van der Waals surface area (Å²) < 4.78 is 7.94. The fourth-order valence-corrected chi connectivity index (χ4v) is 6.61. The number of aryl methyl sites for hydroxylation is 1. The number of aromatic amines is 1. The van der Waals surface area contributed by atoms with E-state index in [4.69, 9.17) is 4.74 Å². The van der Waals surface area contributed by atoms with Gasteiger partial charge in [-0.1, -0.05) is 18.2 Å². The smallest absolute Gasteiger partial charge is 0.252 e. The zero-order chi connectivity index (χ0) is 23.9. The van der Waals surface area contributed by atoms with Crippen LogP contribution in [0.1, 0.15) is 55.1 Å². The van der Waals surface area contributed by atoms with E-state index >= 15 is 0 Å². The molecule has 0 bridgehead atoms. The van der Waals surface area contributed by atoms with E-state index in [0.717, 1.165) is 35.9 Å². The van der Waals surface area contributed by atoms with Crippen molar-refractivity contribution in [2.45, 2.75) is 75.9 Å². The Morgan fingerprint density at radius 2 is 1.88 bits per heavy atom. The molecule has 6 heteroatoms. The molecule has 182 valence electrons. The average Bonchev–Trinajstić information content (AvgIpc) is 3.06. The van der Waals surface area contributed by atoms with Crippen molar-refractivity contribution in [3.8, 4) is 0 Å². The molecule has 2 N–H and O–H groups in total. The predicted octanol–water partition coefficient (Wildman–Crippen LogP) is 5.20. The quantitative estimate of drug-likeness (QED) is 0.458. The third kappa shape index (κ3) is 4.60. The Morgan fingerprint density at radius 1 is 1.15 bits per heavy atom. The molecule has 1 saturated carbocycles. The van der Waals surface area contributed by atoms with Crippen LogP contribution >= 0.6 is 11.8 Å². The van der Waals surface area contributed by atoms with Crippen molar-refractivity contribution < 1.29 is 4.74 Å². The van der Waals surface area contributed by atoms with Gasteiger partial charge in [0.1, 0.15) is 0 Å². The zero-order valence-corrected chi connectivity index (χ0v) is 21.7. The Labute approximate surface area is 206 Å². The van der Waals surface area contributed by atoms with E-state index in [2.05, 4.69) is 65.3 Å². The van der Waals surface area contributed by atoms with Crippen molar-refractivity contribution in [1.82, 2.24) is 14.9 Å².